The number of nitrogens with zero attached hydrogens (tertiary/aromatic N) is 5. The lowest BCUT2D eigenvalue weighted by Crippen LogP contribution is -2.66. The quantitative estimate of drug-likeness (QED) is 0.674. The van der Waals surface area contributed by atoms with Gasteiger partial charge >= 0.3 is 6.03 Å². The summed E-state index contributed by atoms with van der Waals surface area (Å²) in [6, 6.07) is -1.29. The first kappa shape index (κ1) is 24.9. The van der Waals surface area contributed by atoms with E-state index < -0.39 is 18.0 Å². The Labute approximate surface area is 206 Å². The van der Waals surface area contributed by atoms with Gasteiger partial charge in [0.2, 0.25) is 5.89 Å². The van der Waals surface area contributed by atoms with Crippen molar-refractivity contribution in [1.82, 2.24) is 30.2 Å². The van der Waals surface area contributed by atoms with Gasteiger partial charge in [0.1, 0.15) is 0 Å². The third kappa shape index (κ3) is 5.19. The topological polar surface area (TPSA) is 77.7 Å². The van der Waals surface area contributed by atoms with Crippen LogP contribution in [-0.2, 0) is 5.41 Å². The van der Waals surface area contributed by atoms with Crippen molar-refractivity contribution in [3.05, 3.63) is 11.7 Å². The fourth-order valence-corrected chi connectivity index (χ4v) is 6.02. The Morgan fingerprint density at radius 3 is 2.37 bits per heavy atom. The molecule has 4 aliphatic rings. The second-order valence-corrected chi connectivity index (χ2v) is 11.6. The standard InChI is InChI=1S/C25H40F2N6O2/c1-17(2)31-13-15-32(16-14-31)20-19(5-4-8-25(20,26)27)28-23(34)33-11-9-24(3,10-12-33)22-29-21(35-30-22)18-6-7-18/h17-20H,4-16H2,1-3H3,(H,28,34)/t19-,20?/m1/s1. The van der Waals surface area contributed by atoms with E-state index in [4.69, 9.17) is 4.52 Å². The third-order valence-corrected chi connectivity index (χ3v) is 8.68. The normalized spacial score (nSPS) is 29.9. The van der Waals surface area contributed by atoms with E-state index in [0.29, 0.717) is 51.0 Å². The fraction of sp³-hybridized carbons (Fsp3) is 0.880. The number of hydrogen-bond acceptors (Lipinski definition) is 6. The van der Waals surface area contributed by atoms with Gasteiger partial charge < -0.3 is 14.7 Å². The van der Waals surface area contributed by atoms with Crippen LogP contribution >= 0.6 is 0 Å². The zero-order valence-electron chi connectivity index (χ0n) is 21.3. The Morgan fingerprint density at radius 1 is 1.06 bits per heavy atom. The first-order valence-electron chi connectivity index (χ1n) is 13.4. The number of likely N-dealkylation sites (tertiary alicyclic amines) is 1. The zero-order chi connectivity index (χ0) is 24.8. The second-order valence-electron chi connectivity index (χ2n) is 11.6. The van der Waals surface area contributed by atoms with Gasteiger partial charge in [-0.3, -0.25) is 9.80 Å². The first-order valence-corrected chi connectivity index (χ1v) is 13.4. The minimum atomic E-state index is -2.80. The molecular formula is C25H40F2N6O2. The summed E-state index contributed by atoms with van der Waals surface area (Å²) in [6.45, 7) is 10.3. The van der Waals surface area contributed by atoms with Gasteiger partial charge in [-0.1, -0.05) is 12.1 Å². The number of carbonyl (C=O) groups excluding carboxylic acids is 1. The van der Waals surface area contributed by atoms with Gasteiger partial charge in [0.05, 0.1) is 12.1 Å². The van der Waals surface area contributed by atoms with Crippen molar-refractivity contribution in [2.24, 2.45) is 0 Å². The summed E-state index contributed by atoms with van der Waals surface area (Å²) in [5.41, 5.74) is -0.232. The number of nitrogens with one attached hydrogen (secondary N) is 1. The average molecular weight is 495 g/mol. The Bertz CT molecular complexity index is 888. The Balaban J connectivity index is 1.19. The molecule has 2 atom stereocenters. The fourth-order valence-electron chi connectivity index (χ4n) is 6.02. The van der Waals surface area contributed by atoms with Crippen molar-refractivity contribution < 1.29 is 18.1 Å². The number of carbonyl (C=O) groups is 1. The highest BCUT2D eigenvalue weighted by molar-refractivity contribution is 5.74. The number of halogens is 2. The molecule has 1 aromatic heterocycles. The molecule has 2 saturated heterocycles. The van der Waals surface area contributed by atoms with E-state index in [-0.39, 0.29) is 17.9 Å². The molecule has 0 spiro atoms. The molecule has 5 rings (SSSR count). The Morgan fingerprint density at radius 2 is 1.74 bits per heavy atom. The molecule has 1 N–H and O–H groups in total. The number of aromatic nitrogens is 2. The van der Waals surface area contributed by atoms with Gasteiger partial charge in [0, 0.05) is 63.1 Å². The third-order valence-electron chi connectivity index (χ3n) is 8.68. The zero-order valence-corrected chi connectivity index (χ0v) is 21.3. The molecule has 2 aliphatic heterocycles. The minimum absolute atomic E-state index is 0.107. The average Bonchev–Trinajstić information content (AvgIpc) is 3.55. The summed E-state index contributed by atoms with van der Waals surface area (Å²) >= 11 is 0. The van der Waals surface area contributed by atoms with Crippen molar-refractivity contribution in [2.45, 2.75) is 101 Å². The maximum atomic E-state index is 15.2. The maximum Gasteiger partial charge on any atom is 0.317 e. The van der Waals surface area contributed by atoms with Crippen LogP contribution in [0.15, 0.2) is 4.52 Å². The van der Waals surface area contributed by atoms with Gasteiger partial charge in [-0.25, -0.2) is 13.6 Å². The lowest BCUT2D eigenvalue weighted by molar-refractivity contribution is -0.125. The van der Waals surface area contributed by atoms with E-state index in [2.05, 4.69) is 41.1 Å². The van der Waals surface area contributed by atoms with Crippen LogP contribution < -0.4 is 5.32 Å². The van der Waals surface area contributed by atoms with Crippen molar-refractivity contribution in [3.8, 4) is 0 Å². The molecule has 2 saturated carbocycles. The van der Waals surface area contributed by atoms with E-state index in [1.807, 2.05) is 4.90 Å². The van der Waals surface area contributed by atoms with Crippen LogP contribution in [0.1, 0.15) is 83.3 Å². The number of urea groups is 1. The van der Waals surface area contributed by atoms with Crippen LogP contribution in [-0.4, -0.2) is 94.2 Å². The Hall–Kier alpha value is -1.81. The van der Waals surface area contributed by atoms with Crippen LogP contribution in [0.2, 0.25) is 0 Å². The lowest BCUT2D eigenvalue weighted by Gasteiger charge is -2.48. The molecule has 2 amide bonds. The maximum absolute atomic E-state index is 15.2. The smallest absolute Gasteiger partial charge is 0.317 e. The second kappa shape index (κ2) is 9.57. The summed E-state index contributed by atoms with van der Waals surface area (Å²) in [5, 5.41) is 7.25. The van der Waals surface area contributed by atoms with E-state index in [9.17, 15) is 4.79 Å². The number of alkyl halides is 2. The van der Waals surface area contributed by atoms with Crippen molar-refractivity contribution in [2.75, 3.05) is 39.3 Å². The van der Waals surface area contributed by atoms with Gasteiger partial charge in [-0.15, -0.1) is 0 Å². The van der Waals surface area contributed by atoms with Crippen molar-refractivity contribution in [3.63, 3.8) is 0 Å². The van der Waals surface area contributed by atoms with Crippen LogP contribution in [0, 0.1) is 0 Å². The first-order chi connectivity index (χ1) is 16.7. The van der Waals surface area contributed by atoms with Crippen LogP contribution in [0.4, 0.5) is 13.6 Å². The summed E-state index contributed by atoms with van der Waals surface area (Å²) in [6.07, 6.45) is 4.59. The van der Waals surface area contributed by atoms with Crippen molar-refractivity contribution >= 4 is 6.03 Å². The minimum Gasteiger partial charge on any atom is -0.339 e. The summed E-state index contributed by atoms with van der Waals surface area (Å²) in [4.78, 5) is 23.8. The highest BCUT2D eigenvalue weighted by Gasteiger charge is 2.51. The summed E-state index contributed by atoms with van der Waals surface area (Å²) in [7, 11) is 0. The van der Waals surface area contributed by atoms with Crippen LogP contribution in [0.3, 0.4) is 0 Å². The molecule has 8 nitrogen and oxygen atoms in total. The van der Waals surface area contributed by atoms with E-state index in [1.54, 1.807) is 4.90 Å². The largest absolute Gasteiger partial charge is 0.339 e. The SMILES string of the molecule is CC(C)N1CCN(C2[C@H](NC(=O)N3CCC(C)(c4noc(C5CC5)n4)CC3)CCCC2(F)F)CC1. The monoisotopic (exact) mass is 494 g/mol. The predicted octanol–water partition coefficient (Wildman–Crippen LogP) is 3.59. The number of amides is 2. The van der Waals surface area contributed by atoms with E-state index in [0.717, 1.165) is 50.5 Å². The van der Waals surface area contributed by atoms with E-state index in [1.165, 1.54) is 0 Å². The molecule has 0 aromatic carbocycles. The van der Waals surface area contributed by atoms with E-state index >= 15 is 8.78 Å². The lowest BCUT2D eigenvalue weighted by atomic mass is 9.79. The molecule has 3 heterocycles. The van der Waals surface area contributed by atoms with Crippen LogP contribution in [0.25, 0.3) is 0 Å². The molecule has 10 heteroatoms. The predicted molar refractivity (Wildman–Crippen MR) is 128 cm³/mol. The molecule has 0 bridgehead atoms. The highest BCUT2D eigenvalue weighted by atomic mass is 19.3. The molecule has 0 radical (unpaired) electrons. The number of rotatable bonds is 5. The Kier molecular flexibility index (Phi) is 6.80. The molecule has 196 valence electrons. The van der Waals surface area contributed by atoms with Gasteiger partial charge in [0.15, 0.2) is 5.82 Å². The van der Waals surface area contributed by atoms with Gasteiger partial charge in [0.25, 0.3) is 5.92 Å². The number of hydrogen-bond donors (Lipinski definition) is 1. The van der Waals surface area contributed by atoms with Crippen molar-refractivity contribution in [1.29, 1.82) is 0 Å². The number of piperidine rings is 1. The summed E-state index contributed by atoms with van der Waals surface area (Å²) in [5.74, 6) is -0.915. The molecule has 2 aliphatic carbocycles. The number of piperazine rings is 1. The molecular weight excluding hydrogens is 454 g/mol. The van der Waals surface area contributed by atoms with Gasteiger partial charge in [-0.2, -0.15) is 4.98 Å². The summed E-state index contributed by atoms with van der Waals surface area (Å²) < 4.78 is 35.8. The molecule has 35 heavy (non-hydrogen) atoms. The van der Waals surface area contributed by atoms with Crippen LogP contribution in [0.5, 0.6) is 0 Å². The molecule has 1 aromatic rings. The molecule has 4 fully saturated rings. The molecule has 1 unspecified atom stereocenters. The highest BCUT2D eigenvalue weighted by Crippen LogP contribution is 2.41. The van der Waals surface area contributed by atoms with Gasteiger partial charge in [-0.05, 0) is 52.4 Å².